The third-order valence-corrected chi connectivity index (χ3v) is 3.80. The predicted molar refractivity (Wildman–Crippen MR) is 84.3 cm³/mol. The van der Waals surface area contributed by atoms with Crippen LogP contribution in [0, 0.1) is 6.92 Å². The molecule has 2 heterocycles. The first-order valence-corrected chi connectivity index (χ1v) is 7.32. The predicted octanol–water partition coefficient (Wildman–Crippen LogP) is 2.99. The Hall–Kier alpha value is -2.56. The number of amides is 1. The van der Waals surface area contributed by atoms with E-state index in [9.17, 15) is 4.79 Å². The third kappa shape index (κ3) is 2.88. The molecule has 0 atom stereocenters. The summed E-state index contributed by atoms with van der Waals surface area (Å²) in [6.07, 6.45) is 3.88. The van der Waals surface area contributed by atoms with Gasteiger partial charge in [0.1, 0.15) is 5.76 Å². The molecule has 0 spiro atoms. The summed E-state index contributed by atoms with van der Waals surface area (Å²) in [5.74, 6) is 0.866. The van der Waals surface area contributed by atoms with E-state index in [1.807, 2.05) is 35.1 Å². The molecule has 3 aromatic rings. The molecular weight excluding hydrogens is 278 g/mol. The van der Waals surface area contributed by atoms with E-state index in [1.54, 1.807) is 18.2 Å². The topological polar surface area (TPSA) is 51.3 Å². The molecule has 3 rings (SSSR count). The highest BCUT2D eigenvalue weighted by atomic mass is 16.3. The van der Waals surface area contributed by atoms with Gasteiger partial charge in [0.05, 0.1) is 31.1 Å². The number of rotatable bonds is 5. The fourth-order valence-electron chi connectivity index (χ4n) is 2.61. The molecule has 0 aliphatic carbocycles. The van der Waals surface area contributed by atoms with Gasteiger partial charge in [-0.3, -0.25) is 9.48 Å². The van der Waals surface area contributed by atoms with Gasteiger partial charge in [-0.2, -0.15) is 5.10 Å². The number of carbonyl (C=O) groups is 1. The molecule has 0 unspecified atom stereocenters. The zero-order valence-corrected chi connectivity index (χ0v) is 12.8. The normalized spacial score (nSPS) is 11.0. The van der Waals surface area contributed by atoms with Crippen molar-refractivity contribution in [3.05, 3.63) is 54.1 Å². The van der Waals surface area contributed by atoms with Crippen LogP contribution >= 0.6 is 0 Å². The number of fused-ring (bicyclic) bond motifs is 1. The first-order chi connectivity index (χ1) is 10.6. The number of aromatic nitrogens is 2. The Balaban J connectivity index is 1.65. The van der Waals surface area contributed by atoms with Gasteiger partial charge in [-0.05, 0) is 24.6 Å². The smallest absolute Gasteiger partial charge is 0.224 e. The Bertz CT molecular complexity index is 774. The fraction of sp³-hybridized carbons (Fsp3) is 0.294. The molecule has 1 aromatic carbocycles. The maximum Gasteiger partial charge on any atom is 0.224 e. The largest absolute Gasteiger partial charge is 0.467 e. The molecule has 0 aliphatic rings. The van der Waals surface area contributed by atoms with Crippen molar-refractivity contribution in [2.45, 2.75) is 26.4 Å². The zero-order valence-electron chi connectivity index (χ0n) is 12.8. The second-order valence-electron chi connectivity index (χ2n) is 5.46. The fourth-order valence-corrected chi connectivity index (χ4v) is 2.61. The second-order valence-corrected chi connectivity index (χ2v) is 5.46. The quantitative estimate of drug-likeness (QED) is 0.727. The summed E-state index contributed by atoms with van der Waals surface area (Å²) in [6, 6.07) is 9.81. The minimum absolute atomic E-state index is 0.0774. The molecule has 0 radical (unpaired) electrons. The standard InChI is InChI=1S/C17H19N3O2/c1-13-5-3-6-14-11-18-20(17(13)14)9-8-16(21)19(2)12-15-7-4-10-22-15/h3-7,10-11H,8-9,12H2,1-2H3. The summed E-state index contributed by atoms with van der Waals surface area (Å²) in [7, 11) is 1.79. The van der Waals surface area contributed by atoms with Gasteiger partial charge in [-0.1, -0.05) is 18.2 Å². The highest BCUT2D eigenvalue weighted by molar-refractivity contribution is 5.82. The number of furan rings is 1. The van der Waals surface area contributed by atoms with Crippen LogP contribution in [-0.4, -0.2) is 27.6 Å². The first-order valence-electron chi connectivity index (χ1n) is 7.32. The molecule has 1 amide bonds. The Kier molecular flexibility index (Phi) is 3.96. The maximum absolute atomic E-state index is 12.2. The van der Waals surface area contributed by atoms with Gasteiger partial charge in [0.15, 0.2) is 0 Å². The van der Waals surface area contributed by atoms with Crippen molar-refractivity contribution in [1.29, 1.82) is 0 Å². The number of carbonyl (C=O) groups excluding carboxylic acids is 1. The molecule has 5 nitrogen and oxygen atoms in total. The zero-order chi connectivity index (χ0) is 15.5. The van der Waals surface area contributed by atoms with E-state index in [0.29, 0.717) is 19.5 Å². The first kappa shape index (κ1) is 14.4. The summed E-state index contributed by atoms with van der Waals surface area (Å²) in [6.45, 7) is 3.13. The lowest BCUT2D eigenvalue weighted by atomic mass is 10.2. The van der Waals surface area contributed by atoms with Crippen LogP contribution in [0.3, 0.4) is 0 Å². The van der Waals surface area contributed by atoms with Crippen molar-refractivity contribution < 1.29 is 9.21 Å². The number of benzene rings is 1. The van der Waals surface area contributed by atoms with Crippen LogP contribution in [0.4, 0.5) is 0 Å². The summed E-state index contributed by atoms with van der Waals surface area (Å²) in [5, 5.41) is 5.50. The third-order valence-electron chi connectivity index (χ3n) is 3.80. The molecule has 0 N–H and O–H groups in total. The lowest BCUT2D eigenvalue weighted by Gasteiger charge is -2.16. The van der Waals surface area contributed by atoms with Gasteiger partial charge in [0.25, 0.3) is 0 Å². The summed E-state index contributed by atoms with van der Waals surface area (Å²) >= 11 is 0. The molecule has 22 heavy (non-hydrogen) atoms. The van der Waals surface area contributed by atoms with Crippen molar-refractivity contribution in [1.82, 2.24) is 14.7 Å². The second kappa shape index (κ2) is 6.05. The van der Waals surface area contributed by atoms with Gasteiger partial charge in [-0.15, -0.1) is 0 Å². The summed E-state index contributed by atoms with van der Waals surface area (Å²) in [4.78, 5) is 13.9. The molecule has 0 aliphatic heterocycles. The Morgan fingerprint density at radius 3 is 2.95 bits per heavy atom. The minimum Gasteiger partial charge on any atom is -0.467 e. The maximum atomic E-state index is 12.2. The number of hydrogen-bond donors (Lipinski definition) is 0. The van der Waals surface area contributed by atoms with Crippen LogP contribution in [0.5, 0.6) is 0 Å². The molecule has 2 aromatic heterocycles. The van der Waals surface area contributed by atoms with Gasteiger partial charge >= 0.3 is 0 Å². The van der Waals surface area contributed by atoms with Crippen molar-refractivity contribution in [2.75, 3.05) is 7.05 Å². The minimum atomic E-state index is 0.0774. The van der Waals surface area contributed by atoms with E-state index in [1.165, 1.54) is 5.56 Å². The van der Waals surface area contributed by atoms with Crippen molar-refractivity contribution in [3.63, 3.8) is 0 Å². The molecule has 0 saturated heterocycles. The summed E-state index contributed by atoms with van der Waals surface area (Å²) in [5.41, 5.74) is 2.27. The number of hydrogen-bond acceptors (Lipinski definition) is 3. The van der Waals surface area contributed by atoms with E-state index >= 15 is 0 Å². The molecule has 114 valence electrons. The van der Waals surface area contributed by atoms with E-state index in [-0.39, 0.29) is 5.91 Å². The average molecular weight is 297 g/mol. The molecule has 0 saturated carbocycles. The highest BCUT2D eigenvalue weighted by Crippen LogP contribution is 2.18. The van der Waals surface area contributed by atoms with Crippen LogP contribution in [0.2, 0.25) is 0 Å². The van der Waals surface area contributed by atoms with E-state index < -0.39 is 0 Å². The van der Waals surface area contributed by atoms with Gasteiger partial charge < -0.3 is 9.32 Å². The van der Waals surface area contributed by atoms with Crippen molar-refractivity contribution in [3.8, 4) is 0 Å². The molecule has 5 heteroatoms. The lowest BCUT2D eigenvalue weighted by Crippen LogP contribution is -2.27. The lowest BCUT2D eigenvalue weighted by molar-refractivity contribution is -0.130. The van der Waals surface area contributed by atoms with E-state index in [0.717, 1.165) is 16.7 Å². The number of aryl methyl sites for hydroxylation is 2. The SMILES string of the molecule is Cc1cccc2cnn(CCC(=O)N(C)Cc3ccco3)c12. The van der Waals surface area contributed by atoms with Crippen molar-refractivity contribution >= 4 is 16.8 Å². The summed E-state index contributed by atoms with van der Waals surface area (Å²) < 4.78 is 7.17. The van der Waals surface area contributed by atoms with Crippen LogP contribution < -0.4 is 0 Å². The van der Waals surface area contributed by atoms with E-state index in [2.05, 4.69) is 18.1 Å². The van der Waals surface area contributed by atoms with Gasteiger partial charge in [0.2, 0.25) is 5.91 Å². The van der Waals surface area contributed by atoms with E-state index in [4.69, 9.17) is 4.42 Å². The highest BCUT2D eigenvalue weighted by Gasteiger charge is 2.12. The van der Waals surface area contributed by atoms with Gasteiger partial charge in [0, 0.05) is 18.9 Å². The van der Waals surface area contributed by atoms with Crippen LogP contribution in [0.15, 0.2) is 47.2 Å². The Morgan fingerprint density at radius 2 is 2.18 bits per heavy atom. The number of nitrogens with zero attached hydrogens (tertiary/aromatic N) is 3. The molecular formula is C17H19N3O2. The molecule has 0 fully saturated rings. The average Bonchev–Trinajstić information content (AvgIpc) is 3.15. The van der Waals surface area contributed by atoms with Crippen molar-refractivity contribution in [2.24, 2.45) is 0 Å². The Labute approximate surface area is 129 Å². The molecule has 0 bridgehead atoms. The number of para-hydroxylation sites is 1. The van der Waals surface area contributed by atoms with Crippen LogP contribution in [-0.2, 0) is 17.9 Å². The van der Waals surface area contributed by atoms with Crippen LogP contribution in [0.1, 0.15) is 17.7 Å². The van der Waals surface area contributed by atoms with Crippen LogP contribution in [0.25, 0.3) is 10.9 Å². The Morgan fingerprint density at radius 1 is 1.32 bits per heavy atom. The van der Waals surface area contributed by atoms with Gasteiger partial charge in [-0.25, -0.2) is 0 Å². The monoisotopic (exact) mass is 297 g/mol.